The summed E-state index contributed by atoms with van der Waals surface area (Å²) in [6.45, 7) is 6.24. The number of hydrogen-bond donors (Lipinski definition) is 3. The summed E-state index contributed by atoms with van der Waals surface area (Å²) < 4.78 is 0. The van der Waals surface area contributed by atoms with Gasteiger partial charge in [-0.15, -0.1) is 11.8 Å². The Morgan fingerprint density at radius 3 is 2.48 bits per heavy atom. The maximum absolute atomic E-state index is 11.4. The van der Waals surface area contributed by atoms with Crippen molar-refractivity contribution >= 4 is 23.6 Å². The summed E-state index contributed by atoms with van der Waals surface area (Å²) in [6.07, 6.45) is 0. The van der Waals surface area contributed by atoms with Crippen LogP contribution in [0.4, 0.5) is 0 Å². The molecule has 0 unspecified atom stereocenters. The van der Waals surface area contributed by atoms with Gasteiger partial charge < -0.3 is 16.0 Å². The fourth-order valence-electron chi connectivity index (χ4n) is 1.60. The smallest absolute Gasteiger partial charge is 0.241 e. The molecule has 1 amide bonds. The number of likely N-dealkylation sites (N-methyl/N-ethyl adjacent to an activating group) is 1. The minimum atomic E-state index is -0.0617. The minimum absolute atomic E-state index is 0.0617. The molecule has 3 N–H and O–H groups in total. The highest BCUT2D eigenvalue weighted by Crippen LogP contribution is 2.15. The summed E-state index contributed by atoms with van der Waals surface area (Å²) in [5.74, 6) is 1.56. The second-order valence-electron chi connectivity index (χ2n) is 4.24. The van der Waals surface area contributed by atoms with E-state index in [9.17, 15) is 4.79 Å². The Kier molecular flexibility index (Phi) is 9.11. The molecule has 0 saturated heterocycles. The molecule has 21 heavy (non-hydrogen) atoms. The fourth-order valence-corrected chi connectivity index (χ4v) is 2.39. The van der Waals surface area contributed by atoms with Crippen molar-refractivity contribution in [3.8, 4) is 0 Å². The van der Waals surface area contributed by atoms with Crippen LogP contribution in [0.3, 0.4) is 0 Å². The number of guanidine groups is 1. The van der Waals surface area contributed by atoms with Crippen LogP contribution in [0.2, 0.25) is 0 Å². The molecule has 0 aliphatic heterocycles. The molecule has 1 rings (SSSR count). The summed E-state index contributed by atoms with van der Waals surface area (Å²) >= 11 is 1.79. The highest BCUT2D eigenvalue weighted by molar-refractivity contribution is 7.99. The Labute approximate surface area is 131 Å². The van der Waals surface area contributed by atoms with Gasteiger partial charge in [-0.3, -0.25) is 4.79 Å². The SMILES string of the molecule is CCNC(=O)CN=C(NCC)NCCSc1ccccc1. The molecule has 0 heterocycles. The number of nitrogens with zero attached hydrogens (tertiary/aromatic N) is 1. The zero-order valence-corrected chi connectivity index (χ0v) is 13.5. The van der Waals surface area contributed by atoms with E-state index in [1.165, 1.54) is 4.90 Å². The van der Waals surface area contributed by atoms with Crippen LogP contribution >= 0.6 is 11.8 Å². The summed E-state index contributed by atoms with van der Waals surface area (Å²) in [7, 11) is 0. The van der Waals surface area contributed by atoms with Crippen LogP contribution < -0.4 is 16.0 Å². The van der Waals surface area contributed by atoms with Gasteiger partial charge in [0, 0.05) is 30.3 Å². The topological polar surface area (TPSA) is 65.5 Å². The molecule has 1 aromatic carbocycles. The molecule has 0 radical (unpaired) electrons. The summed E-state index contributed by atoms with van der Waals surface area (Å²) in [5, 5.41) is 9.08. The Bertz CT molecular complexity index is 437. The van der Waals surface area contributed by atoms with Crippen molar-refractivity contribution in [3.05, 3.63) is 30.3 Å². The number of carbonyl (C=O) groups excluding carboxylic acids is 1. The zero-order chi connectivity index (χ0) is 15.3. The molecule has 0 aliphatic carbocycles. The first-order valence-electron chi connectivity index (χ1n) is 7.23. The van der Waals surface area contributed by atoms with Crippen molar-refractivity contribution in [1.82, 2.24) is 16.0 Å². The summed E-state index contributed by atoms with van der Waals surface area (Å²) in [4.78, 5) is 16.9. The van der Waals surface area contributed by atoms with Gasteiger partial charge in [-0.1, -0.05) is 18.2 Å². The van der Waals surface area contributed by atoms with Crippen LogP contribution in [-0.4, -0.2) is 43.8 Å². The van der Waals surface area contributed by atoms with Gasteiger partial charge in [0.2, 0.25) is 5.91 Å². The van der Waals surface area contributed by atoms with Gasteiger partial charge in [0.05, 0.1) is 0 Å². The lowest BCUT2D eigenvalue weighted by molar-refractivity contribution is -0.119. The van der Waals surface area contributed by atoms with Crippen molar-refractivity contribution in [2.75, 3.05) is 31.9 Å². The van der Waals surface area contributed by atoms with Crippen LogP contribution in [0.5, 0.6) is 0 Å². The summed E-state index contributed by atoms with van der Waals surface area (Å²) in [6, 6.07) is 10.3. The van der Waals surface area contributed by atoms with E-state index in [0.717, 1.165) is 18.8 Å². The lowest BCUT2D eigenvalue weighted by Crippen LogP contribution is -2.39. The highest BCUT2D eigenvalue weighted by Gasteiger charge is 2.00. The fraction of sp³-hybridized carbons (Fsp3) is 0.467. The van der Waals surface area contributed by atoms with Crippen LogP contribution in [0.25, 0.3) is 0 Å². The number of carbonyl (C=O) groups is 1. The van der Waals surface area contributed by atoms with Crippen molar-refractivity contribution in [2.45, 2.75) is 18.7 Å². The van der Waals surface area contributed by atoms with Gasteiger partial charge in [0.25, 0.3) is 0 Å². The third-order valence-corrected chi connectivity index (χ3v) is 3.52. The standard InChI is InChI=1S/C15H24N4OS/c1-3-16-14(20)12-19-15(17-4-2)18-10-11-21-13-8-6-5-7-9-13/h5-9H,3-4,10-12H2,1-2H3,(H,16,20)(H2,17,18,19). The van der Waals surface area contributed by atoms with Crippen molar-refractivity contribution in [2.24, 2.45) is 4.99 Å². The lowest BCUT2D eigenvalue weighted by Gasteiger charge is -2.11. The van der Waals surface area contributed by atoms with Crippen molar-refractivity contribution in [1.29, 1.82) is 0 Å². The second kappa shape index (κ2) is 11.0. The maximum Gasteiger partial charge on any atom is 0.241 e. The molecule has 0 saturated carbocycles. The molecular weight excluding hydrogens is 284 g/mol. The molecule has 1 aromatic rings. The maximum atomic E-state index is 11.4. The first-order chi connectivity index (χ1) is 10.3. The first kappa shape index (κ1) is 17.4. The van der Waals surface area contributed by atoms with Crippen LogP contribution in [0.1, 0.15) is 13.8 Å². The van der Waals surface area contributed by atoms with E-state index in [2.05, 4.69) is 33.1 Å². The van der Waals surface area contributed by atoms with Gasteiger partial charge in [0.15, 0.2) is 5.96 Å². The molecule has 0 fully saturated rings. The largest absolute Gasteiger partial charge is 0.357 e. The predicted octanol–water partition coefficient (Wildman–Crippen LogP) is 1.47. The van der Waals surface area contributed by atoms with Crippen LogP contribution in [0.15, 0.2) is 40.2 Å². The molecule has 0 bridgehead atoms. The molecule has 6 heteroatoms. The quantitative estimate of drug-likeness (QED) is 0.294. The molecule has 116 valence electrons. The monoisotopic (exact) mass is 308 g/mol. The Morgan fingerprint density at radius 1 is 1.10 bits per heavy atom. The van der Waals surface area contributed by atoms with Gasteiger partial charge in [-0.05, 0) is 26.0 Å². The third kappa shape index (κ3) is 8.24. The van der Waals surface area contributed by atoms with E-state index in [0.29, 0.717) is 12.5 Å². The molecule has 0 aliphatic rings. The van der Waals surface area contributed by atoms with Gasteiger partial charge >= 0.3 is 0 Å². The Balaban J connectivity index is 2.30. The second-order valence-corrected chi connectivity index (χ2v) is 5.41. The van der Waals surface area contributed by atoms with E-state index >= 15 is 0 Å². The lowest BCUT2D eigenvalue weighted by atomic mass is 10.4. The average molecular weight is 308 g/mol. The van der Waals surface area contributed by atoms with Crippen LogP contribution in [-0.2, 0) is 4.79 Å². The third-order valence-electron chi connectivity index (χ3n) is 2.51. The predicted molar refractivity (Wildman–Crippen MR) is 89.8 cm³/mol. The van der Waals surface area contributed by atoms with Crippen molar-refractivity contribution < 1.29 is 4.79 Å². The van der Waals surface area contributed by atoms with Crippen molar-refractivity contribution in [3.63, 3.8) is 0 Å². The van der Waals surface area contributed by atoms with E-state index in [-0.39, 0.29) is 12.5 Å². The first-order valence-corrected chi connectivity index (χ1v) is 8.21. The number of nitrogens with one attached hydrogen (secondary N) is 3. The van der Waals surface area contributed by atoms with Gasteiger partial charge in [-0.2, -0.15) is 0 Å². The number of benzene rings is 1. The summed E-state index contributed by atoms with van der Waals surface area (Å²) in [5.41, 5.74) is 0. The van der Waals surface area contributed by atoms with Gasteiger partial charge in [-0.25, -0.2) is 4.99 Å². The Morgan fingerprint density at radius 2 is 1.81 bits per heavy atom. The normalized spacial score (nSPS) is 11.0. The average Bonchev–Trinajstić information content (AvgIpc) is 2.50. The number of amides is 1. The molecule has 5 nitrogen and oxygen atoms in total. The molecule has 0 spiro atoms. The number of thioether (sulfide) groups is 1. The van der Waals surface area contributed by atoms with Gasteiger partial charge in [0.1, 0.15) is 6.54 Å². The number of rotatable bonds is 8. The van der Waals surface area contributed by atoms with E-state index < -0.39 is 0 Å². The molecular formula is C15H24N4OS. The van der Waals surface area contributed by atoms with Crippen LogP contribution in [0, 0.1) is 0 Å². The minimum Gasteiger partial charge on any atom is -0.357 e. The Hall–Kier alpha value is -1.69. The number of hydrogen-bond acceptors (Lipinski definition) is 3. The van der Waals surface area contributed by atoms with E-state index in [1.807, 2.05) is 32.0 Å². The molecule has 0 atom stereocenters. The highest BCUT2D eigenvalue weighted by atomic mass is 32.2. The number of aliphatic imine (C=N–C) groups is 1. The van der Waals surface area contributed by atoms with E-state index in [1.54, 1.807) is 11.8 Å². The molecule has 0 aromatic heterocycles. The zero-order valence-electron chi connectivity index (χ0n) is 12.7. The van der Waals surface area contributed by atoms with E-state index in [4.69, 9.17) is 0 Å².